The fraction of sp³-hybridized carbons (Fsp3) is 0.211. The molecule has 4 rings (SSSR count). The molecule has 1 aliphatic carbocycles. The van der Waals surface area contributed by atoms with E-state index >= 15 is 0 Å². The Balaban J connectivity index is 1.77. The summed E-state index contributed by atoms with van der Waals surface area (Å²) in [6.07, 6.45) is 4.17. The predicted molar refractivity (Wildman–Crippen MR) is 95.7 cm³/mol. The van der Waals surface area contributed by atoms with E-state index in [-0.39, 0.29) is 0 Å². The molecular weight excluding hydrogens is 340 g/mol. The molecule has 1 aromatic heterocycles. The van der Waals surface area contributed by atoms with Crippen LogP contribution in [0.4, 0.5) is 0 Å². The first-order valence-electron chi connectivity index (χ1n) is 8.10. The second-order valence-corrected chi connectivity index (χ2v) is 6.89. The maximum Gasteiger partial charge on any atom is 0.276 e. The van der Waals surface area contributed by atoms with E-state index < -0.39 is 11.5 Å². The van der Waals surface area contributed by atoms with Crippen molar-refractivity contribution >= 4 is 28.4 Å². The minimum Gasteiger partial charge on any atom is -0.385 e. The number of hydroxylamine groups is 1. The molecule has 0 atom stereocenters. The summed E-state index contributed by atoms with van der Waals surface area (Å²) in [5.41, 5.74) is 4.62. The third kappa shape index (κ3) is 2.61. The number of hydrogen-bond acceptors (Lipinski definition) is 3. The van der Waals surface area contributed by atoms with Gasteiger partial charge in [-0.3, -0.25) is 10.0 Å². The minimum atomic E-state index is -0.695. The lowest BCUT2D eigenvalue weighted by Crippen LogP contribution is -2.33. The lowest BCUT2D eigenvalue weighted by molar-refractivity contribution is -0.0387. The summed E-state index contributed by atoms with van der Waals surface area (Å²) in [6, 6.07) is 11.3. The molecular formula is C19H17ClN2O3. The molecule has 0 unspecified atom stereocenters. The van der Waals surface area contributed by atoms with Crippen molar-refractivity contribution in [2.24, 2.45) is 0 Å². The Hall–Kier alpha value is -2.34. The van der Waals surface area contributed by atoms with Gasteiger partial charge >= 0.3 is 0 Å². The van der Waals surface area contributed by atoms with Crippen LogP contribution in [0.25, 0.3) is 22.0 Å². The molecule has 1 aliphatic rings. The number of rotatable bonds is 3. The van der Waals surface area contributed by atoms with Crippen LogP contribution in [-0.4, -0.2) is 21.2 Å². The Morgan fingerprint density at radius 3 is 2.52 bits per heavy atom. The average Bonchev–Trinajstić information content (AvgIpc) is 3.01. The van der Waals surface area contributed by atoms with E-state index in [4.69, 9.17) is 16.8 Å². The Morgan fingerprint density at radius 2 is 1.92 bits per heavy atom. The van der Waals surface area contributed by atoms with Crippen molar-refractivity contribution < 1.29 is 15.1 Å². The fourth-order valence-corrected chi connectivity index (χ4v) is 3.65. The second kappa shape index (κ2) is 5.88. The first-order chi connectivity index (χ1) is 12.0. The van der Waals surface area contributed by atoms with Gasteiger partial charge < -0.3 is 10.1 Å². The highest BCUT2D eigenvalue weighted by molar-refractivity contribution is 6.34. The summed E-state index contributed by atoms with van der Waals surface area (Å²) in [5.74, 6) is -0.581. The van der Waals surface area contributed by atoms with Gasteiger partial charge in [0.15, 0.2) is 0 Å². The molecule has 0 aliphatic heterocycles. The van der Waals surface area contributed by atoms with Crippen LogP contribution in [-0.2, 0) is 5.60 Å². The van der Waals surface area contributed by atoms with Crippen LogP contribution in [0, 0.1) is 0 Å². The van der Waals surface area contributed by atoms with Crippen molar-refractivity contribution in [3.05, 3.63) is 58.7 Å². The number of fused-ring (bicyclic) bond motifs is 1. The van der Waals surface area contributed by atoms with Gasteiger partial charge in [-0.1, -0.05) is 35.9 Å². The summed E-state index contributed by atoms with van der Waals surface area (Å²) in [4.78, 5) is 14.8. The number of halogens is 1. The average molecular weight is 357 g/mol. The Morgan fingerprint density at radius 1 is 1.20 bits per heavy atom. The molecule has 2 aromatic carbocycles. The molecule has 1 heterocycles. The molecule has 1 fully saturated rings. The van der Waals surface area contributed by atoms with Crippen molar-refractivity contribution in [2.45, 2.75) is 24.9 Å². The highest BCUT2D eigenvalue weighted by Gasteiger charge is 2.35. The number of aliphatic hydroxyl groups is 1. The van der Waals surface area contributed by atoms with Crippen LogP contribution < -0.4 is 5.48 Å². The highest BCUT2D eigenvalue weighted by atomic mass is 35.5. The zero-order valence-corrected chi connectivity index (χ0v) is 14.1. The van der Waals surface area contributed by atoms with Crippen molar-refractivity contribution in [1.29, 1.82) is 0 Å². The topological polar surface area (TPSA) is 85.4 Å². The molecule has 25 heavy (non-hydrogen) atoms. The first kappa shape index (κ1) is 16.1. The van der Waals surface area contributed by atoms with Crippen LogP contribution >= 0.6 is 11.6 Å². The maximum absolute atomic E-state index is 11.8. The lowest BCUT2D eigenvalue weighted by Gasteiger charge is -2.37. The second-order valence-electron chi connectivity index (χ2n) is 6.48. The molecule has 128 valence electrons. The van der Waals surface area contributed by atoms with Gasteiger partial charge in [0.25, 0.3) is 5.91 Å². The van der Waals surface area contributed by atoms with E-state index in [0.29, 0.717) is 21.5 Å². The van der Waals surface area contributed by atoms with Gasteiger partial charge in [-0.15, -0.1) is 0 Å². The van der Waals surface area contributed by atoms with Gasteiger partial charge in [0.1, 0.15) is 0 Å². The molecule has 0 spiro atoms. The van der Waals surface area contributed by atoms with E-state index in [1.54, 1.807) is 11.5 Å². The van der Waals surface area contributed by atoms with E-state index in [2.05, 4.69) is 4.98 Å². The number of benzene rings is 2. The number of hydrogen-bond donors (Lipinski definition) is 4. The van der Waals surface area contributed by atoms with Crippen molar-refractivity contribution in [3.63, 3.8) is 0 Å². The molecule has 3 aromatic rings. The summed E-state index contributed by atoms with van der Waals surface area (Å²) in [6.45, 7) is 0. The minimum absolute atomic E-state index is 0.343. The van der Waals surface area contributed by atoms with E-state index in [9.17, 15) is 9.90 Å². The molecule has 1 saturated carbocycles. The molecule has 0 saturated heterocycles. The predicted octanol–water partition coefficient (Wildman–Crippen LogP) is 3.98. The Bertz CT molecular complexity index is 959. The van der Waals surface area contributed by atoms with Gasteiger partial charge in [-0.25, -0.2) is 5.48 Å². The van der Waals surface area contributed by atoms with Crippen LogP contribution in [0.1, 0.15) is 35.2 Å². The van der Waals surface area contributed by atoms with Gasteiger partial charge in [0, 0.05) is 22.7 Å². The number of amides is 1. The van der Waals surface area contributed by atoms with E-state index in [1.165, 1.54) is 6.20 Å². The lowest BCUT2D eigenvalue weighted by atomic mass is 9.75. The highest BCUT2D eigenvalue weighted by Crippen LogP contribution is 2.42. The van der Waals surface area contributed by atoms with E-state index in [0.717, 1.165) is 36.0 Å². The summed E-state index contributed by atoms with van der Waals surface area (Å²) < 4.78 is 0. The smallest absolute Gasteiger partial charge is 0.276 e. The number of carbonyl (C=O) groups excluding carboxylic acids is 1. The third-order valence-corrected chi connectivity index (χ3v) is 5.34. The molecule has 0 radical (unpaired) electrons. The normalized spacial score (nSPS) is 15.8. The molecule has 5 nitrogen and oxygen atoms in total. The number of aromatic amines is 1. The number of aromatic nitrogens is 1. The van der Waals surface area contributed by atoms with E-state index in [1.807, 2.05) is 30.3 Å². The monoisotopic (exact) mass is 356 g/mol. The molecule has 0 bridgehead atoms. The fourth-order valence-electron chi connectivity index (χ4n) is 3.37. The summed E-state index contributed by atoms with van der Waals surface area (Å²) >= 11 is 6.41. The summed E-state index contributed by atoms with van der Waals surface area (Å²) in [7, 11) is 0. The van der Waals surface area contributed by atoms with Crippen LogP contribution in [0.5, 0.6) is 0 Å². The first-order valence-corrected chi connectivity index (χ1v) is 8.48. The largest absolute Gasteiger partial charge is 0.385 e. The van der Waals surface area contributed by atoms with Crippen LogP contribution in [0.15, 0.2) is 42.6 Å². The van der Waals surface area contributed by atoms with Crippen molar-refractivity contribution in [2.75, 3.05) is 0 Å². The number of nitrogens with one attached hydrogen (secondary N) is 2. The zero-order valence-electron chi connectivity index (χ0n) is 13.3. The van der Waals surface area contributed by atoms with Gasteiger partial charge in [-0.2, -0.15) is 0 Å². The third-order valence-electron chi connectivity index (χ3n) is 5.03. The molecule has 6 heteroatoms. The molecule has 1 amide bonds. The Labute approximate surface area is 149 Å². The van der Waals surface area contributed by atoms with Crippen molar-refractivity contribution in [1.82, 2.24) is 10.5 Å². The number of carbonyl (C=O) groups is 1. The quantitative estimate of drug-likeness (QED) is 0.423. The van der Waals surface area contributed by atoms with Gasteiger partial charge in [0.05, 0.1) is 16.2 Å². The van der Waals surface area contributed by atoms with Gasteiger partial charge in [-0.05, 0) is 42.5 Å². The maximum atomic E-state index is 11.8. The molecule has 4 N–H and O–H groups in total. The Kier molecular flexibility index (Phi) is 3.80. The van der Waals surface area contributed by atoms with Crippen LogP contribution in [0.3, 0.4) is 0 Å². The summed E-state index contributed by atoms with van der Waals surface area (Å²) in [5, 5.41) is 20.5. The van der Waals surface area contributed by atoms with Crippen LogP contribution in [0.2, 0.25) is 5.02 Å². The SMILES string of the molecule is O=C(NO)c1c[nH]c2cc(Cl)c(-c3ccc(C4(O)CCC4)cc3)cc12. The number of H-pyrrole nitrogens is 1. The van der Waals surface area contributed by atoms with Crippen molar-refractivity contribution in [3.8, 4) is 11.1 Å². The zero-order chi connectivity index (χ0) is 17.6. The van der Waals surface area contributed by atoms with Gasteiger partial charge in [0.2, 0.25) is 0 Å². The standard InChI is InChI=1S/C19H17ClN2O3/c20-16-9-17-14(15(10-21-17)18(23)22-25)8-13(16)11-2-4-12(5-3-11)19(24)6-1-7-19/h2-5,8-10,21,24-25H,1,6-7H2,(H,22,23).